The third-order valence-corrected chi connectivity index (χ3v) is 3.30. The van der Waals surface area contributed by atoms with Crippen LogP contribution in [0, 0.1) is 6.92 Å². The summed E-state index contributed by atoms with van der Waals surface area (Å²) in [5, 5.41) is 5.89. The summed E-state index contributed by atoms with van der Waals surface area (Å²) in [6.07, 6.45) is 1.68. The summed E-state index contributed by atoms with van der Waals surface area (Å²) >= 11 is 5.17. The molecule has 0 aliphatic rings. The first-order valence-electron chi connectivity index (χ1n) is 7.12. The van der Waals surface area contributed by atoms with Gasteiger partial charge in [-0.3, -0.25) is 10.1 Å². The van der Waals surface area contributed by atoms with Crippen LogP contribution in [0.25, 0.3) is 0 Å². The monoisotopic (exact) mass is 326 g/mol. The van der Waals surface area contributed by atoms with Gasteiger partial charge >= 0.3 is 0 Å². The third-order valence-electron chi connectivity index (χ3n) is 3.10. The molecule has 0 unspecified atom stereocenters. The van der Waals surface area contributed by atoms with E-state index >= 15 is 0 Å². The summed E-state index contributed by atoms with van der Waals surface area (Å²) < 4.78 is 5.40. The van der Waals surface area contributed by atoms with Gasteiger partial charge < -0.3 is 10.1 Å². The molecule has 0 bridgehead atoms. The number of benzene rings is 2. The zero-order valence-electron chi connectivity index (χ0n) is 12.8. The van der Waals surface area contributed by atoms with Crippen molar-refractivity contribution in [3.63, 3.8) is 0 Å². The van der Waals surface area contributed by atoms with E-state index in [0.29, 0.717) is 12.2 Å². The number of carbonyl (C=O) groups is 1. The first-order valence-corrected chi connectivity index (χ1v) is 7.52. The van der Waals surface area contributed by atoms with Crippen molar-refractivity contribution in [3.05, 3.63) is 72.3 Å². The number of thiocarbonyl (C=S) groups is 1. The molecule has 0 radical (unpaired) electrons. The van der Waals surface area contributed by atoms with Gasteiger partial charge in [0.25, 0.3) is 5.91 Å². The Morgan fingerprint density at radius 2 is 1.91 bits per heavy atom. The number of ether oxygens (including phenoxy) is 1. The molecule has 23 heavy (non-hydrogen) atoms. The smallest absolute Gasteiger partial charge is 0.257 e. The van der Waals surface area contributed by atoms with Crippen LogP contribution < -0.4 is 15.4 Å². The van der Waals surface area contributed by atoms with Gasteiger partial charge in [-0.25, -0.2) is 0 Å². The first-order chi connectivity index (χ1) is 11.1. The Balaban J connectivity index is 1.93. The topological polar surface area (TPSA) is 50.4 Å². The highest BCUT2D eigenvalue weighted by molar-refractivity contribution is 7.80. The van der Waals surface area contributed by atoms with Gasteiger partial charge in [-0.15, -0.1) is 0 Å². The van der Waals surface area contributed by atoms with E-state index in [0.717, 1.165) is 17.0 Å². The van der Waals surface area contributed by atoms with Crippen LogP contribution in [-0.2, 0) is 0 Å². The van der Waals surface area contributed by atoms with Crippen molar-refractivity contribution in [1.29, 1.82) is 0 Å². The lowest BCUT2D eigenvalue weighted by Crippen LogP contribution is -2.34. The molecule has 0 aromatic heterocycles. The number of amides is 1. The molecule has 4 nitrogen and oxygen atoms in total. The minimum Gasteiger partial charge on any atom is -0.490 e. The second kappa shape index (κ2) is 8.10. The summed E-state index contributed by atoms with van der Waals surface area (Å²) in [6, 6.07) is 14.6. The fourth-order valence-electron chi connectivity index (χ4n) is 1.95. The average Bonchev–Trinajstić information content (AvgIpc) is 2.54. The van der Waals surface area contributed by atoms with Gasteiger partial charge in [0, 0.05) is 11.3 Å². The van der Waals surface area contributed by atoms with Crippen LogP contribution in [-0.4, -0.2) is 17.6 Å². The number of nitrogens with one attached hydrogen (secondary N) is 2. The number of rotatable bonds is 5. The van der Waals surface area contributed by atoms with Crippen molar-refractivity contribution in [2.75, 3.05) is 11.9 Å². The number of anilines is 1. The van der Waals surface area contributed by atoms with Crippen LogP contribution in [0.4, 0.5) is 5.69 Å². The van der Waals surface area contributed by atoms with Crippen molar-refractivity contribution >= 4 is 28.9 Å². The number of carbonyl (C=O) groups excluding carboxylic acids is 1. The highest BCUT2D eigenvalue weighted by Crippen LogP contribution is 2.15. The Kier molecular flexibility index (Phi) is 5.88. The third kappa shape index (κ3) is 4.93. The largest absolute Gasteiger partial charge is 0.490 e. The highest BCUT2D eigenvalue weighted by Gasteiger charge is 2.10. The summed E-state index contributed by atoms with van der Waals surface area (Å²) in [5.74, 6) is 0.511. The van der Waals surface area contributed by atoms with Crippen molar-refractivity contribution in [3.8, 4) is 5.75 Å². The zero-order chi connectivity index (χ0) is 16.7. The standard InChI is InChI=1S/C18H18N2O2S/c1-3-12-22-15-10-8-14(9-11-15)19-18(23)20-17(21)16-7-5-4-6-13(16)2/h3-11H,1,12H2,2H3,(H2,19,20,21,23). The second-order valence-electron chi connectivity index (χ2n) is 4.85. The Hall–Kier alpha value is -2.66. The maximum atomic E-state index is 12.2. The molecule has 0 aliphatic carbocycles. The van der Waals surface area contributed by atoms with Crippen LogP contribution in [0.2, 0.25) is 0 Å². The van der Waals surface area contributed by atoms with Gasteiger partial charge in [0.15, 0.2) is 5.11 Å². The predicted octanol–water partition coefficient (Wildman–Crippen LogP) is 3.69. The Morgan fingerprint density at radius 1 is 1.22 bits per heavy atom. The number of aryl methyl sites for hydroxylation is 1. The molecule has 5 heteroatoms. The Labute approximate surface area is 141 Å². The van der Waals surface area contributed by atoms with E-state index in [1.807, 2.05) is 49.4 Å². The van der Waals surface area contributed by atoms with Gasteiger partial charge in [-0.05, 0) is 55.0 Å². The van der Waals surface area contributed by atoms with Crippen LogP contribution in [0.15, 0.2) is 61.2 Å². The van der Waals surface area contributed by atoms with E-state index < -0.39 is 0 Å². The predicted molar refractivity (Wildman–Crippen MR) is 97.0 cm³/mol. The van der Waals surface area contributed by atoms with Crippen LogP contribution >= 0.6 is 12.2 Å². The molecule has 0 heterocycles. The maximum Gasteiger partial charge on any atom is 0.257 e. The van der Waals surface area contributed by atoms with Gasteiger partial charge in [0.2, 0.25) is 0 Å². The molecular weight excluding hydrogens is 308 g/mol. The Bertz CT molecular complexity index is 711. The number of hydrogen-bond donors (Lipinski definition) is 2. The summed E-state index contributed by atoms with van der Waals surface area (Å²) in [7, 11) is 0. The molecular formula is C18H18N2O2S. The first kappa shape index (κ1) is 16.7. The Morgan fingerprint density at radius 3 is 2.57 bits per heavy atom. The quantitative estimate of drug-likeness (QED) is 0.650. The molecule has 2 aromatic rings. The second-order valence-corrected chi connectivity index (χ2v) is 5.26. The molecule has 0 atom stereocenters. The lowest BCUT2D eigenvalue weighted by molar-refractivity contribution is 0.0977. The average molecular weight is 326 g/mol. The normalized spacial score (nSPS) is 9.78. The zero-order valence-corrected chi connectivity index (χ0v) is 13.7. The van der Waals surface area contributed by atoms with Gasteiger partial charge in [-0.1, -0.05) is 30.9 Å². The fourth-order valence-corrected chi connectivity index (χ4v) is 2.16. The summed E-state index contributed by atoms with van der Waals surface area (Å²) in [5.41, 5.74) is 2.27. The summed E-state index contributed by atoms with van der Waals surface area (Å²) in [6.45, 7) is 5.94. The van der Waals surface area contributed by atoms with Gasteiger partial charge in [0.1, 0.15) is 12.4 Å². The van der Waals surface area contributed by atoms with Gasteiger partial charge in [-0.2, -0.15) is 0 Å². The highest BCUT2D eigenvalue weighted by atomic mass is 32.1. The molecule has 2 N–H and O–H groups in total. The van der Waals surface area contributed by atoms with Crippen molar-refractivity contribution < 1.29 is 9.53 Å². The van der Waals surface area contributed by atoms with E-state index in [1.165, 1.54) is 0 Å². The maximum absolute atomic E-state index is 12.2. The van der Waals surface area contributed by atoms with E-state index in [-0.39, 0.29) is 11.0 Å². The molecule has 2 aromatic carbocycles. The van der Waals surface area contributed by atoms with Crippen molar-refractivity contribution in [1.82, 2.24) is 5.32 Å². The molecule has 0 spiro atoms. The van der Waals surface area contributed by atoms with E-state index in [4.69, 9.17) is 17.0 Å². The molecule has 0 saturated heterocycles. The van der Waals surface area contributed by atoms with E-state index in [2.05, 4.69) is 17.2 Å². The molecule has 0 fully saturated rings. The SMILES string of the molecule is C=CCOc1ccc(NC(=S)NC(=O)c2ccccc2C)cc1. The van der Waals surface area contributed by atoms with Crippen molar-refractivity contribution in [2.45, 2.75) is 6.92 Å². The van der Waals surface area contributed by atoms with Crippen LogP contribution in [0.5, 0.6) is 5.75 Å². The molecule has 0 saturated carbocycles. The number of hydrogen-bond acceptors (Lipinski definition) is 3. The lowest BCUT2D eigenvalue weighted by atomic mass is 10.1. The van der Waals surface area contributed by atoms with E-state index in [9.17, 15) is 4.79 Å². The molecule has 118 valence electrons. The molecule has 0 aliphatic heterocycles. The molecule has 1 amide bonds. The molecule has 2 rings (SSSR count). The van der Waals surface area contributed by atoms with Gasteiger partial charge in [0.05, 0.1) is 0 Å². The van der Waals surface area contributed by atoms with Crippen molar-refractivity contribution in [2.24, 2.45) is 0 Å². The lowest BCUT2D eigenvalue weighted by Gasteiger charge is -2.11. The van der Waals surface area contributed by atoms with Crippen LogP contribution in [0.1, 0.15) is 15.9 Å². The minimum atomic E-state index is -0.230. The minimum absolute atomic E-state index is 0.230. The fraction of sp³-hybridized carbons (Fsp3) is 0.111. The van der Waals surface area contributed by atoms with E-state index in [1.54, 1.807) is 12.1 Å². The van der Waals surface area contributed by atoms with Crippen LogP contribution in [0.3, 0.4) is 0 Å². The summed E-state index contributed by atoms with van der Waals surface area (Å²) in [4.78, 5) is 12.2.